The summed E-state index contributed by atoms with van der Waals surface area (Å²) in [6.07, 6.45) is 0. The maximum absolute atomic E-state index is 13.0. The lowest BCUT2D eigenvalue weighted by Gasteiger charge is -2.23. The average molecular weight is 407 g/mol. The maximum Gasteiger partial charge on any atom is 0.244 e. The van der Waals surface area contributed by atoms with Crippen LogP contribution in [0.4, 0.5) is 5.69 Å². The first-order chi connectivity index (χ1) is 13.1. The Hall–Kier alpha value is -2.09. The topological polar surface area (TPSA) is 63.1 Å². The lowest BCUT2D eigenvalue weighted by atomic mass is 10.1. The molecule has 0 spiro atoms. The Labute approximate surface area is 169 Å². The largest absolute Gasteiger partial charge is 0.495 e. The molecule has 2 rings (SSSR count). The van der Waals surface area contributed by atoms with E-state index < -0.39 is 10.0 Å². The lowest BCUT2D eigenvalue weighted by molar-refractivity contribution is -0.890. The third-order valence-corrected chi connectivity index (χ3v) is 6.50. The fraction of sp³-hybridized carbons (Fsp3) is 0.429. The summed E-state index contributed by atoms with van der Waals surface area (Å²) < 4.78 is 34.0. The number of ether oxygens (including phenoxy) is 1. The van der Waals surface area contributed by atoms with Gasteiger partial charge in [-0.25, -0.2) is 13.1 Å². The van der Waals surface area contributed by atoms with E-state index in [1.54, 1.807) is 12.1 Å². The highest BCUT2D eigenvalue weighted by molar-refractivity contribution is 7.89. The summed E-state index contributed by atoms with van der Waals surface area (Å²) in [5.74, 6) is 0.361. The van der Waals surface area contributed by atoms with Crippen LogP contribution in [0.15, 0.2) is 41.3 Å². The third-order valence-electron chi connectivity index (χ3n) is 5.06. The Kier molecular flexibility index (Phi) is 7.09. The van der Waals surface area contributed by atoms with Gasteiger partial charge in [0.15, 0.2) is 0 Å². The number of sulfonamides is 1. The monoisotopic (exact) mass is 406 g/mol. The van der Waals surface area contributed by atoms with Crippen molar-refractivity contribution < 1.29 is 18.1 Å². The minimum absolute atomic E-state index is 0.0106. The first-order valence-corrected chi connectivity index (χ1v) is 10.8. The molecule has 28 heavy (non-hydrogen) atoms. The number of benzene rings is 2. The smallest absolute Gasteiger partial charge is 0.244 e. The van der Waals surface area contributed by atoms with Crippen molar-refractivity contribution in [2.75, 3.05) is 46.7 Å². The molecule has 0 aliphatic rings. The van der Waals surface area contributed by atoms with Gasteiger partial charge in [0.1, 0.15) is 16.7 Å². The van der Waals surface area contributed by atoms with Gasteiger partial charge in [0, 0.05) is 25.3 Å². The van der Waals surface area contributed by atoms with E-state index >= 15 is 0 Å². The highest BCUT2D eigenvalue weighted by atomic mass is 32.2. The van der Waals surface area contributed by atoms with Gasteiger partial charge in [-0.1, -0.05) is 12.1 Å². The summed E-state index contributed by atoms with van der Waals surface area (Å²) in [5, 5.41) is 0. The molecule has 0 heterocycles. The summed E-state index contributed by atoms with van der Waals surface area (Å²) >= 11 is 0. The molecule has 154 valence electrons. The van der Waals surface area contributed by atoms with Gasteiger partial charge in [-0.2, -0.15) is 0 Å². The quantitative estimate of drug-likeness (QED) is 0.698. The van der Waals surface area contributed by atoms with Crippen molar-refractivity contribution in [1.82, 2.24) is 4.72 Å². The Morgan fingerprint density at radius 1 is 1.07 bits per heavy atom. The van der Waals surface area contributed by atoms with Crippen molar-refractivity contribution in [2.45, 2.75) is 24.8 Å². The number of methoxy groups -OCH3 is 1. The molecule has 7 heteroatoms. The van der Waals surface area contributed by atoms with Crippen LogP contribution in [0, 0.1) is 13.8 Å². The zero-order valence-corrected chi connectivity index (χ0v) is 18.6. The second kappa shape index (κ2) is 8.94. The lowest BCUT2D eigenvalue weighted by Crippen LogP contribution is -3.07. The Balaban J connectivity index is 2.27. The van der Waals surface area contributed by atoms with Crippen molar-refractivity contribution in [3.8, 4) is 5.75 Å². The van der Waals surface area contributed by atoms with Gasteiger partial charge >= 0.3 is 0 Å². The van der Waals surface area contributed by atoms with E-state index in [1.165, 1.54) is 7.11 Å². The molecule has 0 saturated carbocycles. The van der Waals surface area contributed by atoms with E-state index in [1.807, 2.05) is 59.1 Å². The number of hydrogen-bond donors (Lipinski definition) is 2. The maximum atomic E-state index is 13.0. The molecule has 0 bridgehead atoms. The molecule has 0 radical (unpaired) electrons. The zero-order valence-electron chi connectivity index (χ0n) is 17.8. The number of likely N-dealkylation sites (N-methyl/N-ethyl adjacent to an activating group) is 1. The third kappa shape index (κ3) is 5.04. The molecule has 0 fully saturated rings. The molecule has 0 aromatic heterocycles. The normalized spacial score (nSPS) is 12.9. The number of quaternary nitrogens is 1. The van der Waals surface area contributed by atoms with Crippen LogP contribution in [0.2, 0.25) is 0 Å². The standard InChI is InChI=1S/C21H31N3O3S/c1-15-12-20(27-7)21(13-16(15)2)28(25,26)22-14-19(24(5)6)17-8-10-18(11-9-17)23(3)4/h8-13,19,22H,14H2,1-7H3/p+1/t19-/m1/s1. The molecule has 2 aromatic carbocycles. The van der Waals surface area contributed by atoms with Crippen LogP contribution in [0.3, 0.4) is 0 Å². The SMILES string of the molecule is COc1cc(C)c(C)cc1S(=O)(=O)NC[C@H](c1ccc(N(C)C)cc1)[NH+](C)C. The van der Waals surface area contributed by atoms with Crippen molar-refractivity contribution in [3.05, 3.63) is 53.1 Å². The van der Waals surface area contributed by atoms with Gasteiger partial charge in [0.2, 0.25) is 10.0 Å². The van der Waals surface area contributed by atoms with Crippen LogP contribution < -0.4 is 19.3 Å². The summed E-state index contributed by atoms with van der Waals surface area (Å²) in [6.45, 7) is 4.12. The van der Waals surface area contributed by atoms with Crippen LogP contribution in [0.25, 0.3) is 0 Å². The van der Waals surface area contributed by atoms with Gasteiger partial charge in [-0.15, -0.1) is 0 Å². The van der Waals surface area contributed by atoms with Crippen LogP contribution in [0.1, 0.15) is 22.7 Å². The molecule has 1 atom stereocenters. The van der Waals surface area contributed by atoms with E-state index in [0.29, 0.717) is 12.3 Å². The molecule has 0 saturated heterocycles. The van der Waals surface area contributed by atoms with E-state index in [4.69, 9.17) is 4.74 Å². The van der Waals surface area contributed by atoms with E-state index in [-0.39, 0.29) is 10.9 Å². The second-order valence-corrected chi connectivity index (χ2v) is 9.29. The van der Waals surface area contributed by atoms with Crippen molar-refractivity contribution in [3.63, 3.8) is 0 Å². The number of aryl methyl sites for hydroxylation is 2. The molecule has 0 unspecified atom stereocenters. The molecule has 2 N–H and O–H groups in total. The van der Waals surface area contributed by atoms with Gasteiger partial charge in [0.25, 0.3) is 0 Å². The first-order valence-electron chi connectivity index (χ1n) is 9.29. The van der Waals surface area contributed by atoms with Crippen molar-refractivity contribution in [1.29, 1.82) is 0 Å². The molecule has 0 amide bonds. The van der Waals surface area contributed by atoms with Gasteiger partial charge in [-0.05, 0) is 49.2 Å². The highest BCUT2D eigenvalue weighted by Gasteiger charge is 2.25. The Morgan fingerprint density at radius 2 is 1.64 bits per heavy atom. The van der Waals surface area contributed by atoms with Gasteiger partial charge in [0.05, 0.1) is 27.7 Å². The van der Waals surface area contributed by atoms with Crippen LogP contribution in [0.5, 0.6) is 5.75 Å². The summed E-state index contributed by atoms with van der Waals surface area (Å²) in [4.78, 5) is 3.36. The number of rotatable bonds is 8. The average Bonchev–Trinajstić information content (AvgIpc) is 2.63. The fourth-order valence-electron chi connectivity index (χ4n) is 3.06. The molecule has 6 nitrogen and oxygen atoms in total. The highest BCUT2D eigenvalue weighted by Crippen LogP contribution is 2.27. The van der Waals surface area contributed by atoms with E-state index in [9.17, 15) is 8.42 Å². The van der Waals surface area contributed by atoms with E-state index in [0.717, 1.165) is 27.3 Å². The summed E-state index contributed by atoms with van der Waals surface area (Å²) in [6, 6.07) is 11.6. The molecule has 0 aliphatic heterocycles. The Morgan fingerprint density at radius 3 is 2.14 bits per heavy atom. The predicted molar refractivity (Wildman–Crippen MR) is 114 cm³/mol. The number of anilines is 1. The first kappa shape index (κ1) is 22.2. The minimum atomic E-state index is -3.70. The van der Waals surface area contributed by atoms with Crippen molar-refractivity contribution >= 4 is 15.7 Å². The number of nitrogens with zero attached hydrogens (tertiary/aromatic N) is 1. The minimum Gasteiger partial charge on any atom is -0.495 e. The predicted octanol–water partition coefficient (Wildman–Crippen LogP) is 1.54. The molecule has 2 aromatic rings. The van der Waals surface area contributed by atoms with Crippen molar-refractivity contribution in [2.24, 2.45) is 0 Å². The van der Waals surface area contributed by atoms with Crippen LogP contribution in [-0.2, 0) is 10.0 Å². The fourth-order valence-corrected chi connectivity index (χ4v) is 4.34. The van der Waals surface area contributed by atoms with Gasteiger partial charge in [-0.3, -0.25) is 0 Å². The summed E-state index contributed by atoms with van der Waals surface area (Å²) in [7, 11) is 5.83. The number of nitrogens with one attached hydrogen (secondary N) is 2. The van der Waals surface area contributed by atoms with Crippen LogP contribution in [-0.4, -0.2) is 50.3 Å². The second-order valence-electron chi connectivity index (χ2n) is 7.56. The summed E-state index contributed by atoms with van der Waals surface area (Å²) in [5.41, 5.74) is 4.10. The van der Waals surface area contributed by atoms with Crippen LogP contribution >= 0.6 is 0 Å². The molecular weight excluding hydrogens is 374 g/mol. The molecular formula is C21H32N3O3S+. The van der Waals surface area contributed by atoms with E-state index in [2.05, 4.69) is 16.9 Å². The van der Waals surface area contributed by atoms with Gasteiger partial charge < -0.3 is 14.5 Å². The number of hydrogen-bond acceptors (Lipinski definition) is 4. The zero-order chi connectivity index (χ0) is 21.1. The molecule has 0 aliphatic carbocycles. The Bertz CT molecular complexity index is 907.